The topological polar surface area (TPSA) is 32.8 Å². The highest BCUT2D eigenvalue weighted by atomic mass is 32.1. The number of nitrogens with zero attached hydrogens (tertiary/aromatic N) is 2. The number of carbonyl (C=O) groups is 1. The summed E-state index contributed by atoms with van der Waals surface area (Å²) in [6.07, 6.45) is 4.16. The number of carbonyl (C=O) groups excluding carboxylic acids is 1. The Morgan fingerprint density at radius 1 is 1.35 bits per heavy atom. The highest BCUT2D eigenvalue weighted by molar-refractivity contribution is 7.12. The predicted molar refractivity (Wildman–Crippen MR) is 92.0 cm³/mol. The van der Waals surface area contributed by atoms with Gasteiger partial charge in [-0.05, 0) is 62.2 Å². The van der Waals surface area contributed by atoms with Crippen LogP contribution < -0.4 is 0 Å². The van der Waals surface area contributed by atoms with Crippen molar-refractivity contribution in [2.45, 2.75) is 32.3 Å². The summed E-state index contributed by atoms with van der Waals surface area (Å²) in [7, 11) is 0. The monoisotopic (exact) mass is 334 g/mol. The van der Waals surface area contributed by atoms with E-state index in [4.69, 9.17) is 4.74 Å². The maximum Gasteiger partial charge on any atom is 0.264 e. The molecule has 4 nitrogen and oxygen atoms in total. The molecule has 0 saturated carbocycles. The molecule has 0 N–H and O–H groups in total. The number of hydrogen-bond donors (Lipinski definition) is 0. The first-order chi connectivity index (χ1) is 11.2. The van der Waals surface area contributed by atoms with E-state index in [2.05, 4.69) is 9.80 Å². The number of fused-ring (bicyclic) bond motifs is 1. The van der Waals surface area contributed by atoms with Gasteiger partial charge in [0.2, 0.25) is 0 Å². The minimum atomic E-state index is 0.221. The van der Waals surface area contributed by atoms with Gasteiger partial charge in [-0.3, -0.25) is 4.79 Å². The molecule has 0 aliphatic carbocycles. The van der Waals surface area contributed by atoms with Crippen molar-refractivity contribution in [2.24, 2.45) is 11.8 Å². The van der Waals surface area contributed by atoms with Crippen molar-refractivity contribution in [1.29, 1.82) is 0 Å². The molecule has 1 amide bonds. The summed E-state index contributed by atoms with van der Waals surface area (Å²) in [6, 6.07) is 2.04. The van der Waals surface area contributed by atoms with E-state index < -0.39 is 0 Å². The van der Waals surface area contributed by atoms with Crippen molar-refractivity contribution in [1.82, 2.24) is 9.80 Å². The fraction of sp³-hybridized carbons (Fsp3) is 0.722. The van der Waals surface area contributed by atoms with Crippen molar-refractivity contribution >= 4 is 17.2 Å². The van der Waals surface area contributed by atoms with Crippen molar-refractivity contribution in [3.8, 4) is 0 Å². The van der Waals surface area contributed by atoms with Gasteiger partial charge in [-0.1, -0.05) is 0 Å². The first-order valence-corrected chi connectivity index (χ1v) is 9.77. The van der Waals surface area contributed by atoms with E-state index in [0.717, 1.165) is 43.1 Å². The van der Waals surface area contributed by atoms with Gasteiger partial charge in [-0.15, -0.1) is 11.3 Å². The number of piperidine rings is 1. The normalized spacial score (nSPS) is 31.5. The maximum atomic E-state index is 12.7. The lowest BCUT2D eigenvalue weighted by Gasteiger charge is -2.36. The molecule has 0 aromatic carbocycles. The molecule has 4 rings (SSSR count). The van der Waals surface area contributed by atoms with Crippen molar-refractivity contribution in [2.75, 3.05) is 39.3 Å². The van der Waals surface area contributed by atoms with Crippen molar-refractivity contribution in [3.05, 3.63) is 21.9 Å². The van der Waals surface area contributed by atoms with Gasteiger partial charge in [0.15, 0.2) is 0 Å². The molecule has 1 aromatic heterocycles. The van der Waals surface area contributed by atoms with Gasteiger partial charge in [0, 0.05) is 25.6 Å². The van der Waals surface area contributed by atoms with Crippen LogP contribution >= 0.6 is 11.3 Å². The minimum absolute atomic E-state index is 0.221. The van der Waals surface area contributed by atoms with E-state index in [1.54, 1.807) is 11.3 Å². The quantitative estimate of drug-likeness (QED) is 0.852. The van der Waals surface area contributed by atoms with Crippen LogP contribution in [0, 0.1) is 18.8 Å². The SMILES string of the molecule is Cc1ccsc1C(=O)N1CC[C@@H]2[C@@H](CO[C@H]2CN2CCCC2)C1. The van der Waals surface area contributed by atoms with Crippen LogP contribution in [0.1, 0.15) is 34.5 Å². The fourth-order valence-corrected chi connectivity index (χ4v) is 5.31. The second-order valence-corrected chi connectivity index (χ2v) is 8.19. The second kappa shape index (κ2) is 6.54. The summed E-state index contributed by atoms with van der Waals surface area (Å²) >= 11 is 1.57. The van der Waals surface area contributed by atoms with Gasteiger partial charge in [0.1, 0.15) is 0 Å². The highest BCUT2D eigenvalue weighted by Crippen LogP contribution is 2.36. The largest absolute Gasteiger partial charge is 0.376 e. The predicted octanol–water partition coefficient (Wildman–Crippen LogP) is 2.63. The molecular weight excluding hydrogens is 308 g/mol. The van der Waals surface area contributed by atoms with E-state index in [9.17, 15) is 4.79 Å². The van der Waals surface area contributed by atoms with E-state index in [-0.39, 0.29) is 5.91 Å². The maximum absolute atomic E-state index is 12.7. The molecule has 3 aliphatic heterocycles. The summed E-state index contributed by atoms with van der Waals surface area (Å²) in [6.45, 7) is 8.18. The minimum Gasteiger partial charge on any atom is -0.376 e. The molecule has 3 saturated heterocycles. The van der Waals surface area contributed by atoms with Crippen LogP contribution in [0.25, 0.3) is 0 Å². The fourth-order valence-electron chi connectivity index (χ4n) is 4.41. The standard InChI is InChI=1S/C18H26N2O2S/c1-13-5-9-23-17(13)18(21)20-8-4-15-14(10-20)12-22-16(15)11-19-6-2-3-7-19/h5,9,14-16H,2-4,6-8,10-12H2,1H3/t14-,15-,16+/m1/s1. The first-order valence-electron chi connectivity index (χ1n) is 8.89. The summed E-state index contributed by atoms with van der Waals surface area (Å²) in [5.74, 6) is 1.39. The molecule has 3 fully saturated rings. The van der Waals surface area contributed by atoms with Crippen LogP contribution in [0.2, 0.25) is 0 Å². The summed E-state index contributed by atoms with van der Waals surface area (Å²) in [4.78, 5) is 18.2. The Morgan fingerprint density at radius 3 is 2.91 bits per heavy atom. The Labute approximate surface area is 142 Å². The summed E-state index contributed by atoms with van der Waals surface area (Å²) in [5.41, 5.74) is 1.11. The lowest BCUT2D eigenvalue weighted by atomic mass is 9.84. The smallest absolute Gasteiger partial charge is 0.264 e. The van der Waals surface area contributed by atoms with E-state index in [0.29, 0.717) is 17.9 Å². The summed E-state index contributed by atoms with van der Waals surface area (Å²) in [5, 5.41) is 2.01. The number of aryl methyl sites for hydroxylation is 1. The number of ether oxygens (including phenoxy) is 1. The molecule has 0 spiro atoms. The van der Waals surface area contributed by atoms with E-state index in [1.165, 1.54) is 25.9 Å². The number of amides is 1. The lowest BCUT2D eigenvalue weighted by molar-refractivity contribution is 0.0519. The van der Waals surface area contributed by atoms with E-state index in [1.807, 2.05) is 18.4 Å². The average Bonchev–Trinajstić information content (AvgIpc) is 3.29. The molecule has 126 valence electrons. The number of likely N-dealkylation sites (tertiary alicyclic amines) is 2. The van der Waals surface area contributed by atoms with Gasteiger partial charge in [-0.25, -0.2) is 0 Å². The Kier molecular flexibility index (Phi) is 4.43. The molecule has 1 aromatic rings. The summed E-state index contributed by atoms with van der Waals surface area (Å²) < 4.78 is 6.13. The Hall–Kier alpha value is -0.910. The van der Waals surface area contributed by atoms with Gasteiger partial charge in [-0.2, -0.15) is 0 Å². The van der Waals surface area contributed by atoms with Gasteiger partial charge >= 0.3 is 0 Å². The molecular formula is C18H26N2O2S. The molecule has 5 heteroatoms. The van der Waals surface area contributed by atoms with Crippen LogP contribution in [-0.4, -0.2) is 61.1 Å². The third kappa shape index (κ3) is 3.06. The van der Waals surface area contributed by atoms with Crippen molar-refractivity contribution in [3.63, 3.8) is 0 Å². The van der Waals surface area contributed by atoms with Crippen LogP contribution in [-0.2, 0) is 4.74 Å². The number of rotatable bonds is 3. The average molecular weight is 334 g/mol. The number of hydrogen-bond acceptors (Lipinski definition) is 4. The third-order valence-electron chi connectivity index (χ3n) is 5.78. The van der Waals surface area contributed by atoms with Crippen LogP contribution in [0.3, 0.4) is 0 Å². The Bertz CT molecular complexity index is 567. The Balaban J connectivity index is 1.37. The zero-order chi connectivity index (χ0) is 15.8. The van der Waals surface area contributed by atoms with Gasteiger partial charge < -0.3 is 14.5 Å². The molecule has 0 unspecified atom stereocenters. The van der Waals surface area contributed by atoms with Gasteiger partial charge in [0.05, 0.1) is 17.6 Å². The van der Waals surface area contributed by atoms with Gasteiger partial charge in [0.25, 0.3) is 5.91 Å². The molecule has 4 heterocycles. The van der Waals surface area contributed by atoms with E-state index >= 15 is 0 Å². The molecule has 23 heavy (non-hydrogen) atoms. The highest BCUT2D eigenvalue weighted by Gasteiger charge is 2.42. The molecule has 0 radical (unpaired) electrons. The zero-order valence-corrected chi connectivity index (χ0v) is 14.7. The van der Waals surface area contributed by atoms with Crippen molar-refractivity contribution < 1.29 is 9.53 Å². The lowest BCUT2D eigenvalue weighted by Crippen LogP contribution is -2.46. The molecule has 0 bridgehead atoms. The first kappa shape index (κ1) is 15.6. The molecule has 3 atom stereocenters. The Morgan fingerprint density at radius 2 is 2.17 bits per heavy atom. The second-order valence-electron chi connectivity index (χ2n) is 7.28. The van der Waals surface area contributed by atoms with Crippen LogP contribution in [0.4, 0.5) is 0 Å². The number of thiophene rings is 1. The third-order valence-corrected chi connectivity index (χ3v) is 6.78. The van der Waals surface area contributed by atoms with Crippen LogP contribution in [0.5, 0.6) is 0 Å². The zero-order valence-electron chi connectivity index (χ0n) is 13.9. The van der Waals surface area contributed by atoms with Crippen LogP contribution in [0.15, 0.2) is 11.4 Å². The molecule has 3 aliphatic rings.